The standard InChI is InChI=1S/C16H25NO3/c1-12(2)16(18,11-19-3)15(9-17)8-13-6-4-5-7-14(13)20-10-15/h4-7,12,18H,8-11,17H2,1-3H3. The van der Waals surface area contributed by atoms with E-state index in [-0.39, 0.29) is 12.5 Å². The zero-order valence-electron chi connectivity index (χ0n) is 12.6. The molecule has 0 spiro atoms. The van der Waals surface area contributed by atoms with Crippen molar-refractivity contribution < 1.29 is 14.6 Å². The number of aliphatic hydroxyl groups is 1. The van der Waals surface area contributed by atoms with E-state index in [1.807, 2.05) is 38.1 Å². The average Bonchev–Trinajstić information content (AvgIpc) is 2.46. The number of methoxy groups -OCH3 is 1. The lowest BCUT2D eigenvalue weighted by molar-refractivity contribution is -0.167. The van der Waals surface area contributed by atoms with Gasteiger partial charge in [0.25, 0.3) is 0 Å². The van der Waals surface area contributed by atoms with Crippen LogP contribution in [0.3, 0.4) is 0 Å². The Balaban J connectivity index is 2.40. The first-order valence-electron chi connectivity index (χ1n) is 7.11. The number of hydrogen-bond donors (Lipinski definition) is 2. The Morgan fingerprint density at radius 3 is 2.75 bits per heavy atom. The third-order valence-electron chi connectivity index (χ3n) is 4.63. The van der Waals surface area contributed by atoms with Crippen molar-refractivity contribution in [3.63, 3.8) is 0 Å². The van der Waals surface area contributed by atoms with Gasteiger partial charge in [0.05, 0.1) is 18.6 Å². The van der Waals surface area contributed by atoms with Gasteiger partial charge in [-0.3, -0.25) is 0 Å². The van der Waals surface area contributed by atoms with E-state index in [2.05, 4.69) is 0 Å². The van der Waals surface area contributed by atoms with Gasteiger partial charge in [0.15, 0.2) is 0 Å². The zero-order valence-corrected chi connectivity index (χ0v) is 12.6. The lowest BCUT2D eigenvalue weighted by Crippen LogP contribution is -2.63. The second-order valence-electron chi connectivity index (χ2n) is 6.07. The van der Waals surface area contributed by atoms with Crippen LogP contribution in [0.15, 0.2) is 24.3 Å². The fourth-order valence-corrected chi connectivity index (χ4v) is 3.16. The van der Waals surface area contributed by atoms with Crippen LogP contribution in [0.5, 0.6) is 5.75 Å². The first-order chi connectivity index (χ1) is 9.49. The number of hydrogen-bond acceptors (Lipinski definition) is 4. The summed E-state index contributed by atoms with van der Waals surface area (Å²) in [4.78, 5) is 0. The Hall–Kier alpha value is -1.10. The molecule has 2 atom stereocenters. The van der Waals surface area contributed by atoms with Crippen molar-refractivity contribution in [2.24, 2.45) is 17.1 Å². The lowest BCUT2D eigenvalue weighted by Gasteiger charge is -2.50. The molecule has 20 heavy (non-hydrogen) atoms. The summed E-state index contributed by atoms with van der Waals surface area (Å²) < 4.78 is 11.2. The van der Waals surface area contributed by atoms with E-state index in [4.69, 9.17) is 15.2 Å². The SMILES string of the molecule is COCC(O)(C(C)C)C1(CN)COc2ccccc2C1. The van der Waals surface area contributed by atoms with Crippen LogP contribution in [0, 0.1) is 11.3 Å². The molecule has 0 fully saturated rings. The van der Waals surface area contributed by atoms with Crippen molar-refractivity contribution >= 4 is 0 Å². The molecular weight excluding hydrogens is 254 g/mol. The molecule has 2 rings (SSSR count). The monoisotopic (exact) mass is 279 g/mol. The minimum atomic E-state index is -1.01. The molecule has 0 bridgehead atoms. The molecule has 112 valence electrons. The van der Waals surface area contributed by atoms with Gasteiger partial charge in [0.2, 0.25) is 0 Å². The molecule has 0 aromatic heterocycles. The third kappa shape index (κ3) is 2.32. The number of benzene rings is 1. The third-order valence-corrected chi connectivity index (χ3v) is 4.63. The van der Waals surface area contributed by atoms with E-state index in [0.717, 1.165) is 11.3 Å². The molecule has 1 aliphatic heterocycles. The summed E-state index contributed by atoms with van der Waals surface area (Å²) in [5.41, 5.74) is 5.62. The second-order valence-corrected chi connectivity index (χ2v) is 6.07. The van der Waals surface area contributed by atoms with Gasteiger partial charge in [0.1, 0.15) is 11.4 Å². The number of fused-ring (bicyclic) bond motifs is 1. The molecule has 1 heterocycles. The zero-order chi connectivity index (χ0) is 14.8. The molecular formula is C16H25NO3. The van der Waals surface area contributed by atoms with Gasteiger partial charge >= 0.3 is 0 Å². The molecule has 4 nitrogen and oxygen atoms in total. The summed E-state index contributed by atoms with van der Waals surface area (Å²) >= 11 is 0. The molecule has 2 unspecified atom stereocenters. The van der Waals surface area contributed by atoms with Crippen LogP contribution in [0.4, 0.5) is 0 Å². The highest BCUT2D eigenvalue weighted by Gasteiger charge is 2.53. The number of rotatable bonds is 5. The van der Waals surface area contributed by atoms with Gasteiger partial charge < -0.3 is 20.3 Å². The Morgan fingerprint density at radius 1 is 1.45 bits per heavy atom. The van der Waals surface area contributed by atoms with Gasteiger partial charge in [0, 0.05) is 13.7 Å². The first-order valence-corrected chi connectivity index (χ1v) is 7.11. The highest BCUT2D eigenvalue weighted by atomic mass is 16.5. The molecule has 0 saturated carbocycles. The Labute approximate surface area is 120 Å². The molecule has 1 aromatic carbocycles. The van der Waals surface area contributed by atoms with Crippen LogP contribution in [-0.4, -0.2) is 37.6 Å². The molecule has 0 saturated heterocycles. The molecule has 1 aliphatic rings. The number of para-hydroxylation sites is 1. The van der Waals surface area contributed by atoms with E-state index < -0.39 is 11.0 Å². The summed E-state index contributed by atoms with van der Waals surface area (Å²) in [6.07, 6.45) is 0.706. The summed E-state index contributed by atoms with van der Waals surface area (Å²) in [7, 11) is 1.61. The average molecular weight is 279 g/mol. The predicted octanol–water partition coefficient (Wildman–Crippen LogP) is 1.60. The van der Waals surface area contributed by atoms with Crippen molar-refractivity contribution in [1.29, 1.82) is 0 Å². The van der Waals surface area contributed by atoms with E-state index in [9.17, 15) is 5.11 Å². The minimum Gasteiger partial charge on any atom is -0.493 e. The Morgan fingerprint density at radius 2 is 2.15 bits per heavy atom. The van der Waals surface area contributed by atoms with Gasteiger partial charge in [-0.1, -0.05) is 32.0 Å². The summed E-state index contributed by atoms with van der Waals surface area (Å²) in [5, 5.41) is 11.2. The lowest BCUT2D eigenvalue weighted by atomic mass is 9.63. The minimum absolute atomic E-state index is 0.0277. The molecule has 3 N–H and O–H groups in total. The summed E-state index contributed by atoms with van der Waals surface area (Å²) in [6.45, 7) is 5.03. The number of ether oxygens (including phenoxy) is 2. The van der Waals surface area contributed by atoms with Crippen LogP contribution in [0.25, 0.3) is 0 Å². The maximum absolute atomic E-state index is 11.2. The Bertz CT molecular complexity index is 463. The molecule has 0 radical (unpaired) electrons. The topological polar surface area (TPSA) is 64.7 Å². The maximum Gasteiger partial charge on any atom is 0.122 e. The molecule has 1 aromatic rings. The maximum atomic E-state index is 11.2. The number of nitrogens with two attached hydrogens (primary N) is 1. The van der Waals surface area contributed by atoms with E-state index >= 15 is 0 Å². The fraction of sp³-hybridized carbons (Fsp3) is 0.625. The summed E-state index contributed by atoms with van der Waals surface area (Å²) in [6, 6.07) is 7.94. The largest absolute Gasteiger partial charge is 0.493 e. The van der Waals surface area contributed by atoms with Crippen LogP contribution in [0.2, 0.25) is 0 Å². The smallest absolute Gasteiger partial charge is 0.122 e. The van der Waals surface area contributed by atoms with E-state index in [1.165, 1.54) is 0 Å². The molecule has 0 amide bonds. The van der Waals surface area contributed by atoms with Crippen LogP contribution in [-0.2, 0) is 11.2 Å². The highest BCUT2D eigenvalue weighted by Crippen LogP contribution is 2.44. The van der Waals surface area contributed by atoms with Crippen molar-refractivity contribution in [3.05, 3.63) is 29.8 Å². The van der Waals surface area contributed by atoms with E-state index in [1.54, 1.807) is 7.11 Å². The Kier molecular flexibility index (Phi) is 4.37. The molecule has 4 heteroatoms. The van der Waals surface area contributed by atoms with Crippen LogP contribution in [0.1, 0.15) is 19.4 Å². The van der Waals surface area contributed by atoms with Crippen molar-refractivity contribution in [1.82, 2.24) is 0 Å². The van der Waals surface area contributed by atoms with Crippen molar-refractivity contribution in [3.8, 4) is 5.75 Å². The first kappa shape index (κ1) is 15.3. The van der Waals surface area contributed by atoms with Crippen molar-refractivity contribution in [2.75, 3.05) is 26.9 Å². The van der Waals surface area contributed by atoms with Gasteiger partial charge in [-0.2, -0.15) is 0 Å². The second kappa shape index (κ2) is 5.72. The normalized spacial score (nSPS) is 24.9. The fourth-order valence-electron chi connectivity index (χ4n) is 3.16. The van der Waals surface area contributed by atoms with Gasteiger partial charge in [-0.25, -0.2) is 0 Å². The highest BCUT2D eigenvalue weighted by molar-refractivity contribution is 5.37. The van der Waals surface area contributed by atoms with Crippen LogP contribution >= 0.6 is 0 Å². The molecule has 0 aliphatic carbocycles. The summed E-state index contributed by atoms with van der Waals surface area (Å²) in [5.74, 6) is 0.917. The van der Waals surface area contributed by atoms with E-state index in [0.29, 0.717) is 19.6 Å². The van der Waals surface area contributed by atoms with Gasteiger partial charge in [-0.15, -0.1) is 0 Å². The van der Waals surface area contributed by atoms with Gasteiger partial charge in [-0.05, 0) is 24.0 Å². The van der Waals surface area contributed by atoms with Crippen LogP contribution < -0.4 is 10.5 Å². The predicted molar refractivity (Wildman–Crippen MR) is 78.8 cm³/mol. The quantitative estimate of drug-likeness (QED) is 0.859. The van der Waals surface area contributed by atoms with Crippen molar-refractivity contribution in [2.45, 2.75) is 25.9 Å².